The molecule has 16 heavy (non-hydrogen) atoms. The molecule has 0 fully saturated rings. The van der Waals surface area contributed by atoms with Crippen LogP contribution in [0.2, 0.25) is 0 Å². The van der Waals surface area contributed by atoms with Crippen LogP contribution in [-0.2, 0) is 0 Å². The van der Waals surface area contributed by atoms with E-state index in [1.54, 1.807) is 0 Å². The molecule has 0 saturated heterocycles. The van der Waals surface area contributed by atoms with Crippen LogP contribution in [0.25, 0.3) is 5.57 Å². The lowest BCUT2D eigenvalue weighted by Gasteiger charge is -2.07. The molecule has 1 N–H and O–H groups in total. The molecular formula is C14H14OSi. The summed E-state index contributed by atoms with van der Waals surface area (Å²) in [5, 5.41) is 0. The largest absolute Gasteiger partial charge is 0.434 e. The fraction of sp³-hybridized carbons (Fsp3) is 0. The number of hydrogen-bond acceptors (Lipinski definition) is 1. The molecule has 2 rings (SSSR count). The van der Waals surface area contributed by atoms with E-state index in [2.05, 4.69) is 24.3 Å². The maximum Gasteiger partial charge on any atom is 0.181 e. The topological polar surface area (TPSA) is 20.2 Å². The molecule has 0 aliphatic heterocycles. The van der Waals surface area contributed by atoms with Gasteiger partial charge in [-0.3, -0.25) is 0 Å². The second-order valence-corrected chi connectivity index (χ2v) is 4.31. The predicted octanol–water partition coefficient (Wildman–Crippen LogP) is 2.15. The first kappa shape index (κ1) is 10.9. The van der Waals surface area contributed by atoms with Gasteiger partial charge in [-0.25, -0.2) is 0 Å². The molecule has 80 valence electrons. The molecule has 1 nitrogen and oxygen atoms in total. The third-order valence-corrected chi connectivity index (χ3v) is 3.06. The zero-order valence-electron chi connectivity index (χ0n) is 9.01. The summed E-state index contributed by atoms with van der Waals surface area (Å²) in [6, 6.07) is 20.4. The highest BCUT2D eigenvalue weighted by molar-refractivity contribution is 6.35. The Morgan fingerprint density at radius 3 is 1.62 bits per heavy atom. The van der Waals surface area contributed by atoms with Gasteiger partial charge in [0.15, 0.2) is 9.76 Å². The molecule has 0 radical (unpaired) electrons. The van der Waals surface area contributed by atoms with Crippen LogP contribution in [0.15, 0.2) is 66.4 Å². The SMILES string of the molecule is O[SiH2]C=C(c1ccccc1)c1ccccc1. The standard InChI is InChI=1S/C14H14OSi/c15-16-11-14(12-7-3-1-4-8-12)13-9-5-2-6-10-13/h1-11,15H,16H2. The lowest BCUT2D eigenvalue weighted by molar-refractivity contribution is 0.614. The van der Waals surface area contributed by atoms with E-state index in [1.165, 1.54) is 0 Å². The van der Waals surface area contributed by atoms with E-state index in [9.17, 15) is 4.80 Å². The van der Waals surface area contributed by atoms with Crippen molar-refractivity contribution in [1.82, 2.24) is 0 Å². The van der Waals surface area contributed by atoms with Crippen molar-refractivity contribution in [2.75, 3.05) is 0 Å². The molecule has 0 aliphatic rings. The molecule has 0 amide bonds. The van der Waals surface area contributed by atoms with E-state index < -0.39 is 9.76 Å². The zero-order chi connectivity index (χ0) is 11.2. The van der Waals surface area contributed by atoms with E-state index >= 15 is 0 Å². The minimum Gasteiger partial charge on any atom is -0.434 e. The molecule has 0 atom stereocenters. The van der Waals surface area contributed by atoms with Gasteiger partial charge in [0.05, 0.1) is 0 Å². The van der Waals surface area contributed by atoms with Crippen molar-refractivity contribution in [3.63, 3.8) is 0 Å². The van der Waals surface area contributed by atoms with Gasteiger partial charge in [-0.1, -0.05) is 66.4 Å². The molecule has 0 heterocycles. The predicted molar refractivity (Wildman–Crippen MR) is 70.7 cm³/mol. The Morgan fingerprint density at radius 2 is 1.25 bits per heavy atom. The summed E-state index contributed by atoms with van der Waals surface area (Å²) in [5.41, 5.74) is 5.44. The fourth-order valence-electron chi connectivity index (χ4n) is 1.73. The Kier molecular flexibility index (Phi) is 3.69. The van der Waals surface area contributed by atoms with Gasteiger partial charge in [-0.15, -0.1) is 0 Å². The number of hydrogen-bond donors (Lipinski definition) is 1. The Hall–Kier alpha value is -1.64. The maximum absolute atomic E-state index is 9.22. The van der Waals surface area contributed by atoms with Gasteiger partial charge < -0.3 is 4.80 Å². The molecule has 0 unspecified atom stereocenters. The van der Waals surface area contributed by atoms with Crippen molar-refractivity contribution in [3.8, 4) is 0 Å². The van der Waals surface area contributed by atoms with Crippen LogP contribution in [0.4, 0.5) is 0 Å². The van der Waals surface area contributed by atoms with Crippen molar-refractivity contribution >= 4 is 15.3 Å². The van der Waals surface area contributed by atoms with Crippen LogP contribution in [0, 0.1) is 0 Å². The highest BCUT2D eigenvalue weighted by Gasteiger charge is 2.02. The number of benzene rings is 2. The summed E-state index contributed by atoms with van der Waals surface area (Å²) < 4.78 is 0. The van der Waals surface area contributed by atoms with Crippen LogP contribution in [0.5, 0.6) is 0 Å². The van der Waals surface area contributed by atoms with Crippen molar-refractivity contribution in [2.45, 2.75) is 0 Å². The Bertz CT molecular complexity index is 421. The third kappa shape index (κ3) is 2.48. The lowest BCUT2D eigenvalue weighted by Crippen LogP contribution is -1.91. The lowest BCUT2D eigenvalue weighted by atomic mass is 10.00. The van der Waals surface area contributed by atoms with Gasteiger partial charge in [0, 0.05) is 0 Å². The average Bonchev–Trinajstić information content (AvgIpc) is 2.38. The van der Waals surface area contributed by atoms with E-state index in [0.29, 0.717) is 0 Å². The van der Waals surface area contributed by atoms with Crippen LogP contribution in [0.3, 0.4) is 0 Å². The van der Waals surface area contributed by atoms with Gasteiger partial charge in [-0.2, -0.15) is 0 Å². The maximum atomic E-state index is 9.22. The first-order valence-corrected chi connectivity index (χ1v) is 6.78. The molecule has 0 aromatic heterocycles. The van der Waals surface area contributed by atoms with Crippen LogP contribution in [0.1, 0.15) is 11.1 Å². The minimum absolute atomic E-state index is 1.08. The van der Waals surface area contributed by atoms with Crippen molar-refractivity contribution in [2.24, 2.45) is 0 Å². The molecule has 0 aliphatic carbocycles. The van der Waals surface area contributed by atoms with Gasteiger partial charge in [0.2, 0.25) is 0 Å². The summed E-state index contributed by atoms with van der Waals surface area (Å²) in [4.78, 5) is 9.22. The van der Waals surface area contributed by atoms with Gasteiger partial charge >= 0.3 is 0 Å². The average molecular weight is 226 g/mol. The third-order valence-electron chi connectivity index (χ3n) is 2.46. The summed E-state index contributed by atoms with van der Waals surface area (Å²) in [5.74, 6) is 0. The van der Waals surface area contributed by atoms with Crippen LogP contribution in [-0.4, -0.2) is 14.6 Å². The van der Waals surface area contributed by atoms with Crippen LogP contribution < -0.4 is 0 Å². The molecular weight excluding hydrogens is 212 g/mol. The van der Waals surface area contributed by atoms with E-state index in [0.717, 1.165) is 16.7 Å². The molecule has 2 heteroatoms. The van der Waals surface area contributed by atoms with Crippen LogP contribution >= 0.6 is 0 Å². The van der Waals surface area contributed by atoms with Gasteiger partial charge in [-0.05, 0) is 16.7 Å². The first-order chi connectivity index (χ1) is 7.92. The van der Waals surface area contributed by atoms with Gasteiger partial charge in [0.1, 0.15) is 0 Å². The summed E-state index contributed by atoms with van der Waals surface area (Å²) in [6.45, 7) is 0. The van der Waals surface area contributed by atoms with E-state index in [-0.39, 0.29) is 0 Å². The van der Waals surface area contributed by atoms with Crippen molar-refractivity contribution < 1.29 is 4.80 Å². The molecule has 2 aromatic carbocycles. The normalized spacial score (nSPS) is 10.6. The highest BCUT2D eigenvalue weighted by Crippen LogP contribution is 2.22. The first-order valence-electron chi connectivity index (χ1n) is 5.33. The van der Waals surface area contributed by atoms with Crippen molar-refractivity contribution in [1.29, 1.82) is 0 Å². The summed E-state index contributed by atoms with van der Waals surface area (Å²) >= 11 is 0. The van der Waals surface area contributed by atoms with Gasteiger partial charge in [0.25, 0.3) is 0 Å². The molecule has 0 saturated carbocycles. The second kappa shape index (κ2) is 5.44. The Labute approximate surface area is 98.0 Å². The summed E-state index contributed by atoms with van der Waals surface area (Å²) in [7, 11) is -1.08. The monoisotopic (exact) mass is 226 g/mol. The molecule has 0 spiro atoms. The highest BCUT2D eigenvalue weighted by atomic mass is 28.2. The molecule has 0 bridgehead atoms. The zero-order valence-corrected chi connectivity index (χ0v) is 10.4. The van der Waals surface area contributed by atoms with E-state index in [4.69, 9.17) is 0 Å². The number of rotatable bonds is 3. The Balaban J connectivity index is 2.44. The van der Waals surface area contributed by atoms with Crippen molar-refractivity contribution in [3.05, 3.63) is 77.5 Å². The second-order valence-electron chi connectivity index (χ2n) is 3.53. The molecule has 2 aromatic rings. The summed E-state index contributed by atoms with van der Waals surface area (Å²) in [6.07, 6.45) is 0. The Morgan fingerprint density at radius 1 is 0.812 bits per heavy atom. The quantitative estimate of drug-likeness (QED) is 0.795. The fourth-order valence-corrected chi connectivity index (χ4v) is 2.38. The smallest absolute Gasteiger partial charge is 0.181 e. The van der Waals surface area contributed by atoms with E-state index in [1.807, 2.05) is 42.1 Å². The minimum atomic E-state index is -1.08.